The number of hydrogen-bond donors (Lipinski definition) is 2. The zero-order valence-corrected chi connectivity index (χ0v) is 16.3. The molecule has 0 aliphatic carbocycles. The van der Waals surface area contributed by atoms with Gasteiger partial charge in [0.25, 0.3) is 0 Å². The van der Waals surface area contributed by atoms with Gasteiger partial charge in [-0.2, -0.15) is 10.6 Å². The van der Waals surface area contributed by atoms with Gasteiger partial charge in [-0.05, 0) is 50.0 Å². The van der Waals surface area contributed by atoms with E-state index in [0.29, 0.717) is 22.8 Å². The first-order valence-electron chi connectivity index (χ1n) is 8.18. The maximum absolute atomic E-state index is 13.0. The van der Waals surface area contributed by atoms with E-state index in [9.17, 15) is 17.5 Å². The number of hydrogen-bond acceptors (Lipinski definition) is 6. The Hall–Kier alpha value is -1.58. The molecule has 0 saturated heterocycles. The molecule has 8 heteroatoms. The van der Waals surface area contributed by atoms with Crippen molar-refractivity contribution < 1.29 is 22.3 Å². The summed E-state index contributed by atoms with van der Waals surface area (Å²) < 4.78 is 52.2. The van der Waals surface area contributed by atoms with Crippen LogP contribution in [0.1, 0.15) is 10.8 Å². The molecule has 0 bridgehead atoms. The lowest BCUT2D eigenvalue weighted by Gasteiger charge is -2.27. The number of benzene rings is 2. The van der Waals surface area contributed by atoms with Crippen LogP contribution in [-0.4, -0.2) is 55.4 Å². The second-order valence-corrected chi connectivity index (χ2v) is 10.8. The first-order chi connectivity index (χ1) is 12.2. The molecule has 6 nitrogen and oxygen atoms in total. The topological polar surface area (TPSA) is 87.1 Å². The van der Waals surface area contributed by atoms with Crippen LogP contribution < -0.4 is 4.74 Å². The van der Waals surface area contributed by atoms with E-state index < -0.39 is 25.7 Å². The van der Waals surface area contributed by atoms with Crippen molar-refractivity contribution in [3.63, 3.8) is 0 Å². The van der Waals surface area contributed by atoms with Crippen LogP contribution in [0, 0.1) is 0 Å². The lowest BCUT2D eigenvalue weighted by molar-refractivity contribution is 0.261. The molecule has 0 fully saturated rings. The summed E-state index contributed by atoms with van der Waals surface area (Å²) in [5.41, 5.74) is 0.471. The molecular weight excluding hydrogens is 374 g/mol. The van der Waals surface area contributed by atoms with Crippen LogP contribution in [-0.2, 0) is 9.84 Å². The van der Waals surface area contributed by atoms with E-state index in [2.05, 4.69) is 0 Å². The Morgan fingerprint density at radius 3 is 2.42 bits per heavy atom. The Balaban J connectivity index is 1.83. The molecule has 142 valence electrons. The molecule has 2 aromatic rings. The van der Waals surface area contributed by atoms with Gasteiger partial charge in [0.15, 0.2) is 9.84 Å². The van der Waals surface area contributed by atoms with Crippen LogP contribution in [0.5, 0.6) is 5.75 Å². The first-order valence-corrected chi connectivity index (χ1v) is 11.4. The van der Waals surface area contributed by atoms with Gasteiger partial charge in [0.2, 0.25) is 0 Å². The van der Waals surface area contributed by atoms with Crippen LogP contribution in [0.2, 0.25) is 0 Å². The van der Waals surface area contributed by atoms with Crippen molar-refractivity contribution >= 4 is 20.4 Å². The second kappa shape index (κ2) is 7.21. The number of rotatable bonds is 6. The number of sulfone groups is 1. The van der Waals surface area contributed by atoms with E-state index in [1.54, 1.807) is 36.4 Å². The van der Waals surface area contributed by atoms with Gasteiger partial charge >= 0.3 is 0 Å². The largest absolute Gasteiger partial charge is 0.492 e. The van der Waals surface area contributed by atoms with Crippen LogP contribution in [0.25, 0.3) is 0 Å². The fraction of sp³-hybridized carbons (Fsp3) is 0.333. The predicted molar refractivity (Wildman–Crippen MR) is 103 cm³/mol. The highest BCUT2D eigenvalue weighted by Crippen LogP contribution is 2.61. The fourth-order valence-electron chi connectivity index (χ4n) is 2.93. The molecular formula is C18H23NO5S2. The van der Waals surface area contributed by atoms with Crippen molar-refractivity contribution in [2.24, 2.45) is 0 Å². The molecule has 1 aliphatic rings. The molecule has 0 radical (unpaired) electrons. The third-order valence-electron chi connectivity index (χ3n) is 4.34. The van der Waals surface area contributed by atoms with Crippen LogP contribution in [0.15, 0.2) is 58.3 Å². The maximum Gasteiger partial charge on any atom is 0.187 e. The van der Waals surface area contributed by atoms with E-state index >= 15 is 0 Å². The summed E-state index contributed by atoms with van der Waals surface area (Å²) in [6.45, 7) is 1.27. The Morgan fingerprint density at radius 1 is 1.12 bits per heavy atom. The molecule has 0 aromatic heterocycles. The molecule has 1 atom stereocenters. The average Bonchev–Trinajstić information content (AvgIpc) is 2.88. The number of ether oxygens (including phenoxy) is 1. The SMILES string of the molecule is CN(C)CCOc1ccc(S(=O)(=O)C2CS(O)(O)c3ccccc32)cc1. The van der Waals surface area contributed by atoms with Gasteiger partial charge in [0.05, 0.1) is 15.5 Å². The van der Waals surface area contributed by atoms with Gasteiger partial charge in [-0.1, -0.05) is 18.2 Å². The van der Waals surface area contributed by atoms with E-state index in [1.165, 1.54) is 12.1 Å². The number of likely N-dealkylation sites (N-methyl/N-ethyl adjacent to an activating group) is 1. The third kappa shape index (κ3) is 3.74. The molecule has 1 heterocycles. The monoisotopic (exact) mass is 397 g/mol. The summed E-state index contributed by atoms with van der Waals surface area (Å²) in [5.74, 6) is 0.400. The van der Waals surface area contributed by atoms with Gasteiger partial charge in [0.1, 0.15) is 17.6 Å². The van der Waals surface area contributed by atoms with Gasteiger partial charge in [-0.15, -0.1) is 0 Å². The van der Waals surface area contributed by atoms with Crippen LogP contribution in [0.4, 0.5) is 0 Å². The molecule has 2 N–H and O–H groups in total. The van der Waals surface area contributed by atoms with Crippen molar-refractivity contribution in [1.82, 2.24) is 4.90 Å². The Morgan fingerprint density at radius 2 is 1.77 bits per heavy atom. The number of nitrogens with zero attached hydrogens (tertiary/aromatic N) is 1. The zero-order chi connectivity index (χ0) is 18.9. The second-order valence-electron chi connectivity index (χ2n) is 6.53. The van der Waals surface area contributed by atoms with E-state index in [4.69, 9.17) is 4.74 Å². The van der Waals surface area contributed by atoms with Gasteiger partial charge in [0, 0.05) is 6.54 Å². The lowest BCUT2D eigenvalue weighted by atomic mass is 10.2. The standard InChI is InChI=1S/C18H23NO5S2/c1-19(2)11-12-24-14-7-9-15(10-8-14)26(22,23)18-13-25(20,21)17-6-4-3-5-16(17)18/h3-10,18,20-21H,11-13H2,1-2H3. The molecule has 3 rings (SSSR count). The maximum atomic E-state index is 13.0. The minimum atomic E-state index is -3.74. The molecule has 1 aliphatic heterocycles. The summed E-state index contributed by atoms with van der Waals surface area (Å²) in [4.78, 5) is 2.47. The summed E-state index contributed by atoms with van der Waals surface area (Å²) in [6.07, 6.45) is 0. The first kappa shape index (κ1) is 19.2. The van der Waals surface area contributed by atoms with Gasteiger partial charge in [-0.25, -0.2) is 8.42 Å². The highest BCUT2D eigenvalue weighted by Gasteiger charge is 2.42. The molecule has 2 aromatic carbocycles. The van der Waals surface area contributed by atoms with Crippen molar-refractivity contribution in [2.75, 3.05) is 33.0 Å². The summed E-state index contributed by atoms with van der Waals surface area (Å²) >= 11 is 0. The third-order valence-corrected chi connectivity index (χ3v) is 8.52. The summed E-state index contributed by atoms with van der Waals surface area (Å²) in [5, 5.41) is -0.954. The Labute approximate surface area is 155 Å². The smallest absolute Gasteiger partial charge is 0.187 e. The molecule has 0 amide bonds. The average molecular weight is 398 g/mol. The zero-order valence-electron chi connectivity index (χ0n) is 14.7. The lowest BCUT2D eigenvalue weighted by Crippen LogP contribution is -2.19. The van der Waals surface area contributed by atoms with Crippen molar-refractivity contribution in [3.8, 4) is 5.75 Å². The van der Waals surface area contributed by atoms with E-state index in [0.717, 1.165) is 6.54 Å². The predicted octanol–water partition coefficient (Wildman–Crippen LogP) is 3.27. The summed E-state index contributed by atoms with van der Waals surface area (Å²) in [7, 11) is -2.93. The highest BCUT2D eigenvalue weighted by molar-refractivity contribution is 8.25. The van der Waals surface area contributed by atoms with Gasteiger partial charge in [-0.3, -0.25) is 9.11 Å². The highest BCUT2D eigenvalue weighted by atomic mass is 32.3. The summed E-state index contributed by atoms with van der Waals surface area (Å²) in [6, 6.07) is 12.9. The number of fused-ring (bicyclic) bond motifs is 1. The van der Waals surface area contributed by atoms with Crippen molar-refractivity contribution in [2.45, 2.75) is 15.0 Å². The minimum Gasteiger partial charge on any atom is -0.492 e. The molecule has 0 spiro atoms. The van der Waals surface area contributed by atoms with Gasteiger partial charge < -0.3 is 9.64 Å². The molecule has 0 saturated carbocycles. The fourth-order valence-corrected chi connectivity index (χ4v) is 7.34. The normalized spacial score (nSPS) is 20.0. The van der Waals surface area contributed by atoms with E-state index in [1.807, 2.05) is 19.0 Å². The van der Waals surface area contributed by atoms with Crippen molar-refractivity contribution in [1.29, 1.82) is 0 Å². The quantitative estimate of drug-likeness (QED) is 0.778. The molecule has 26 heavy (non-hydrogen) atoms. The van der Waals surface area contributed by atoms with Crippen molar-refractivity contribution in [3.05, 3.63) is 54.1 Å². The molecule has 1 unspecified atom stereocenters. The van der Waals surface area contributed by atoms with Crippen LogP contribution in [0.3, 0.4) is 0 Å². The Kier molecular flexibility index (Phi) is 5.32. The van der Waals surface area contributed by atoms with E-state index in [-0.39, 0.29) is 10.6 Å². The Bertz CT molecular complexity index is 879. The minimum absolute atomic E-state index is 0.148. The van der Waals surface area contributed by atoms with Crippen LogP contribution >= 0.6 is 10.6 Å².